The monoisotopic (exact) mass is 198 g/mol. The molecule has 2 heteroatoms. The molecule has 0 atom stereocenters. The highest BCUT2D eigenvalue weighted by Gasteiger charge is 2.13. The van der Waals surface area contributed by atoms with Crippen molar-refractivity contribution in [1.29, 1.82) is 0 Å². The third-order valence-electron chi connectivity index (χ3n) is 3.12. The SMILES string of the molecule is CC(=O)CCCC[SiH]1CCCCC1. The first-order valence-electron chi connectivity index (χ1n) is 5.78. The van der Waals surface area contributed by atoms with Crippen LogP contribution in [0.4, 0.5) is 0 Å². The molecule has 0 aromatic rings. The summed E-state index contributed by atoms with van der Waals surface area (Å²) < 4.78 is 0. The molecule has 0 unspecified atom stereocenters. The number of rotatable bonds is 5. The average molecular weight is 198 g/mol. The second-order valence-electron chi connectivity index (χ2n) is 4.45. The molecule has 1 fully saturated rings. The van der Waals surface area contributed by atoms with E-state index in [-0.39, 0.29) is 8.80 Å². The molecule has 0 aromatic carbocycles. The number of hydrogen-bond acceptors (Lipinski definition) is 1. The van der Waals surface area contributed by atoms with Crippen LogP contribution < -0.4 is 0 Å². The summed E-state index contributed by atoms with van der Waals surface area (Å²) in [6.07, 6.45) is 7.79. The minimum Gasteiger partial charge on any atom is -0.300 e. The molecule has 0 spiro atoms. The molecular formula is C11H22OSi. The fourth-order valence-electron chi connectivity index (χ4n) is 2.28. The molecule has 0 amide bonds. The number of unbranched alkanes of at least 4 members (excludes halogenated alkanes) is 1. The van der Waals surface area contributed by atoms with Crippen LogP contribution in [0.5, 0.6) is 0 Å². The molecule has 1 saturated heterocycles. The Bertz CT molecular complexity index is 150. The van der Waals surface area contributed by atoms with E-state index in [0.717, 1.165) is 12.8 Å². The molecule has 1 aliphatic heterocycles. The first-order valence-corrected chi connectivity index (χ1v) is 8.23. The zero-order valence-corrected chi connectivity index (χ0v) is 10.0. The lowest BCUT2D eigenvalue weighted by Gasteiger charge is -2.19. The summed E-state index contributed by atoms with van der Waals surface area (Å²) in [7, 11) is -0.300. The number of hydrogen-bond donors (Lipinski definition) is 0. The molecular weight excluding hydrogens is 176 g/mol. The van der Waals surface area contributed by atoms with Crippen molar-refractivity contribution in [2.24, 2.45) is 0 Å². The van der Waals surface area contributed by atoms with Crippen LogP contribution in [0.15, 0.2) is 0 Å². The van der Waals surface area contributed by atoms with Crippen molar-refractivity contribution in [2.45, 2.75) is 63.6 Å². The van der Waals surface area contributed by atoms with Crippen LogP contribution in [0, 0.1) is 0 Å². The Morgan fingerprint density at radius 3 is 2.46 bits per heavy atom. The lowest BCUT2D eigenvalue weighted by Crippen LogP contribution is -2.15. The maximum absolute atomic E-state index is 10.7. The van der Waals surface area contributed by atoms with Gasteiger partial charge in [0.05, 0.1) is 0 Å². The van der Waals surface area contributed by atoms with Gasteiger partial charge in [0.2, 0.25) is 0 Å². The van der Waals surface area contributed by atoms with Crippen molar-refractivity contribution in [1.82, 2.24) is 0 Å². The van der Waals surface area contributed by atoms with Gasteiger partial charge in [-0.15, -0.1) is 0 Å². The molecule has 1 aliphatic rings. The van der Waals surface area contributed by atoms with Crippen LogP contribution in [-0.2, 0) is 4.79 Å². The Labute approximate surface area is 83.5 Å². The van der Waals surface area contributed by atoms with E-state index in [0.29, 0.717) is 5.78 Å². The maximum atomic E-state index is 10.7. The van der Waals surface area contributed by atoms with Gasteiger partial charge in [0, 0.05) is 15.2 Å². The van der Waals surface area contributed by atoms with Crippen LogP contribution in [0.2, 0.25) is 18.1 Å². The van der Waals surface area contributed by atoms with E-state index in [2.05, 4.69) is 0 Å². The maximum Gasteiger partial charge on any atom is 0.129 e. The van der Waals surface area contributed by atoms with E-state index >= 15 is 0 Å². The Kier molecular flexibility index (Phi) is 5.36. The lowest BCUT2D eigenvalue weighted by molar-refractivity contribution is -0.117. The van der Waals surface area contributed by atoms with Gasteiger partial charge in [-0.3, -0.25) is 0 Å². The standard InChI is InChI=1S/C11H22OSi/c1-11(12)7-3-6-10-13-8-4-2-5-9-13/h13H,2-10H2,1H3. The van der Waals surface area contributed by atoms with Crippen LogP contribution >= 0.6 is 0 Å². The molecule has 0 radical (unpaired) electrons. The molecule has 76 valence electrons. The van der Waals surface area contributed by atoms with Gasteiger partial charge in [0.15, 0.2) is 0 Å². The molecule has 0 saturated carbocycles. The van der Waals surface area contributed by atoms with Crippen LogP contribution in [0.3, 0.4) is 0 Å². The normalized spacial score (nSPS) is 18.8. The molecule has 1 rings (SSSR count). The Morgan fingerprint density at radius 2 is 1.85 bits per heavy atom. The second-order valence-corrected chi connectivity index (χ2v) is 7.92. The number of ketones is 1. The first-order chi connectivity index (χ1) is 6.29. The number of Topliss-reactive ketones (excluding diaryl/α,β-unsaturated/α-hetero) is 1. The number of carbonyl (C=O) groups is 1. The fraction of sp³-hybridized carbons (Fsp3) is 0.909. The largest absolute Gasteiger partial charge is 0.300 e. The van der Waals surface area contributed by atoms with E-state index in [1.165, 1.54) is 31.7 Å². The highest BCUT2D eigenvalue weighted by Crippen LogP contribution is 2.23. The van der Waals surface area contributed by atoms with Gasteiger partial charge in [-0.2, -0.15) is 0 Å². The predicted molar refractivity (Wildman–Crippen MR) is 60.0 cm³/mol. The van der Waals surface area contributed by atoms with Crippen molar-refractivity contribution < 1.29 is 4.79 Å². The smallest absolute Gasteiger partial charge is 0.129 e. The fourth-order valence-corrected chi connectivity index (χ4v) is 5.75. The van der Waals surface area contributed by atoms with Crippen LogP contribution in [-0.4, -0.2) is 14.6 Å². The second kappa shape index (κ2) is 6.36. The first kappa shape index (κ1) is 11.0. The summed E-state index contributed by atoms with van der Waals surface area (Å²) in [4.78, 5) is 10.7. The highest BCUT2D eigenvalue weighted by atomic mass is 28.3. The van der Waals surface area contributed by atoms with Gasteiger partial charge < -0.3 is 4.79 Å². The summed E-state index contributed by atoms with van der Waals surface area (Å²) in [5, 5.41) is 0. The summed E-state index contributed by atoms with van der Waals surface area (Å²) in [6, 6.07) is 4.67. The Hall–Kier alpha value is -0.113. The van der Waals surface area contributed by atoms with Gasteiger partial charge in [-0.1, -0.05) is 43.8 Å². The van der Waals surface area contributed by atoms with Crippen molar-refractivity contribution >= 4 is 14.6 Å². The molecule has 13 heavy (non-hydrogen) atoms. The third-order valence-corrected chi connectivity index (χ3v) is 6.79. The lowest BCUT2D eigenvalue weighted by atomic mass is 10.2. The summed E-state index contributed by atoms with van der Waals surface area (Å²) in [6.45, 7) is 1.71. The van der Waals surface area contributed by atoms with Gasteiger partial charge in [-0.05, 0) is 13.3 Å². The number of carbonyl (C=O) groups excluding carboxylic acids is 1. The molecule has 1 nitrogen and oxygen atoms in total. The minimum absolute atomic E-state index is 0.300. The van der Waals surface area contributed by atoms with E-state index in [4.69, 9.17) is 0 Å². The van der Waals surface area contributed by atoms with Gasteiger partial charge >= 0.3 is 0 Å². The molecule has 0 aromatic heterocycles. The molecule has 1 heterocycles. The Balaban J connectivity index is 1.95. The molecule has 0 aliphatic carbocycles. The van der Waals surface area contributed by atoms with Crippen molar-refractivity contribution in [2.75, 3.05) is 0 Å². The van der Waals surface area contributed by atoms with E-state index in [9.17, 15) is 4.79 Å². The zero-order chi connectivity index (χ0) is 9.52. The average Bonchev–Trinajstić information content (AvgIpc) is 2.14. The highest BCUT2D eigenvalue weighted by molar-refractivity contribution is 6.58. The summed E-state index contributed by atoms with van der Waals surface area (Å²) in [5.74, 6) is 0.366. The van der Waals surface area contributed by atoms with E-state index in [1.807, 2.05) is 0 Å². The summed E-state index contributed by atoms with van der Waals surface area (Å²) >= 11 is 0. The Morgan fingerprint density at radius 1 is 1.15 bits per heavy atom. The minimum atomic E-state index is -0.300. The van der Waals surface area contributed by atoms with Crippen molar-refractivity contribution in [3.63, 3.8) is 0 Å². The van der Waals surface area contributed by atoms with Gasteiger partial charge in [-0.25, -0.2) is 0 Å². The van der Waals surface area contributed by atoms with Crippen LogP contribution in [0.1, 0.15) is 45.4 Å². The topological polar surface area (TPSA) is 17.1 Å². The zero-order valence-electron chi connectivity index (χ0n) is 8.85. The third kappa shape index (κ3) is 5.24. The summed E-state index contributed by atoms with van der Waals surface area (Å²) in [5.41, 5.74) is 0. The van der Waals surface area contributed by atoms with Gasteiger partial charge in [0.25, 0.3) is 0 Å². The van der Waals surface area contributed by atoms with Crippen molar-refractivity contribution in [3.05, 3.63) is 0 Å². The van der Waals surface area contributed by atoms with E-state index < -0.39 is 0 Å². The van der Waals surface area contributed by atoms with Crippen LogP contribution in [0.25, 0.3) is 0 Å². The van der Waals surface area contributed by atoms with Gasteiger partial charge in [0.1, 0.15) is 5.78 Å². The molecule has 0 N–H and O–H groups in total. The van der Waals surface area contributed by atoms with Crippen molar-refractivity contribution in [3.8, 4) is 0 Å². The molecule has 0 bridgehead atoms. The quantitative estimate of drug-likeness (QED) is 0.490. The predicted octanol–water partition coefficient (Wildman–Crippen LogP) is 3.16. The van der Waals surface area contributed by atoms with E-state index in [1.54, 1.807) is 19.0 Å².